The van der Waals surface area contributed by atoms with Gasteiger partial charge in [-0.1, -0.05) is 67.1 Å². The third-order valence-electron chi connectivity index (χ3n) is 7.31. The van der Waals surface area contributed by atoms with E-state index in [1.807, 2.05) is 36.4 Å². The molecular formula is C25H30N2O. The molecule has 3 fully saturated rings. The van der Waals surface area contributed by atoms with Crippen molar-refractivity contribution in [2.24, 2.45) is 11.8 Å². The first-order valence-corrected chi connectivity index (χ1v) is 10.9. The molecule has 0 N–H and O–H groups in total. The lowest BCUT2D eigenvalue weighted by atomic mass is 9.89. The number of amides is 1. The molecule has 1 amide bonds. The van der Waals surface area contributed by atoms with Crippen LogP contribution < -0.4 is 0 Å². The topological polar surface area (TPSA) is 23.6 Å². The molecule has 0 radical (unpaired) electrons. The lowest BCUT2D eigenvalue weighted by Crippen LogP contribution is -2.54. The number of rotatable bonds is 4. The summed E-state index contributed by atoms with van der Waals surface area (Å²) in [4.78, 5) is 18.4. The molecular weight excluding hydrogens is 344 g/mol. The Hall–Kier alpha value is -2.13. The van der Waals surface area contributed by atoms with Crippen LogP contribution in [0.4, 0.5) is 0 Å². The summed E-state index contributed by atoms with van der Waals surface area (Å²) < 4.78 is 0. The molecule has 3 atom stereocenters. The minimum absolute atomic E-state index is 0.198. The Bertz CT molecular complexity index is 758. The van der Waals surface area contributed by atoms with E-state index in [1.54, 1.807) is 0 Å². The van der Waals surface area contributed by atoms with E-state index in [1.165, 1.54) is 25.7 Å². The first kappa shape index (κ1) is 17.9. The van der Waals surface area contributed by atoms with Gasteiger partial charge >= 0.3 is 0 Å². The van der Waals surface area contributed by atoms with Crippen molar-refractivity contribution < 1.29 is 4.79 Å². The van der Waals surface area contributed by atoms with Gasteiger partial charge in [0.25, 0.3) is 0 Å². The summed E-state index contributed by atoms with van der Waals surface area (Å²) in [6.45, 7) is 3.80. The highest BCUT2D eigenvalue weighted by atomic mass is 16.2. The Kier molecular flexibility index (Phi) is 4.94. The Morgan fingerprint density at radius 1 is 0.786 bits per heavy atom. The molecule has 28 heavy (non-hydrogen) atoms. The fourth-order valence-electron chi connectivity index (χ4n) is 5.88. The fraction of sp³-hybridized carbons (Fsp3) is 0.480. The Labute approximate surface area is 168 Å². The maximum atomic E-state index is 13.6. The fourth-order valence-corrected chi connectivity index (χ4v) is 5.88. The van der Waals surface area contributed by atoms with E-state index in [0.717, 1.165) is 55.2 Å². The number of hydrogen-bond donors (Lipinski definition) is 0. The smallest absolute Gasteiger partial charge is 0.234 e. The zero-order valence-electron chi connectivity index (χ0n) is 16.5. The van der Waals surface area contributed by atoms with Crippen molar-refractivity contribution in [2.75, 3.05) is 26.2 Å². The summed E-state index contributed by atoms with van der Waals surface area (Å²) in [6, 6.07) is 21.3. The average molecular weight is 375 g/mol. The largest absolute Gasteiger partial charge is 0.339 e. The van der Waals surface area contributed by atoms with Crippen LogP contribution in [0.15, 0.2) is 60.7 Å². The van der Waals surface area contributed by atoms with E-state index >= 15 is 0 Å². The van der Waals surface area contributed by atoms with Gasteiger partial charge in [-0.15, -0.1) is 0 Å². The van der Waals surface area contributed by atoms with Crippen molar-refractivity contribution >= 4 is 5.91 Å². The Balaban J connectivity index is 1.30. The first-order valence-electron chi connectivity index (χ1n) is 10.9. The highest BCUT2D eigenvalue weighted by molar-refractivity contribution is 5.87. The van der Waals surface area contributed by atoms with E-state index in [2.05, 4.69) is 34.1 Å². The maximum Gasteiger partial charge on any atom is 0.234 e. The number of carbonyl (C=O) groups is 1. The first-order chi connectivity index (χ1) is 13.8. The van der Waals surface area contributed by atoms with Gasteiger partial charge in [-0.05, 0) is 42.2 Å². The third kappa shape index (κ3) is 3.37. The van der Waals surface area contributed by atoms with Gasteiger partial charge in [-0.25, -0.2) is 0 Å². The van der Waals surface area contributed by atoms with E-state index in [0.29, 0.717) is 0 Å². The molecule has 2 bridgehead atoms. The van der Waals surface area contributed by atoms with E-state index in [-0.39, 0.29) is 11.8 Å². The molecule has 1 heterocycles. The highest BCUT2D eigenvalue weighted by Gasteiger charge is 2.43. The zero-order chi connectivity index (χ0) is 18.9. The van der Waals surface area contributed by atoms with Crippen molar-refractivity contribution in [1.82, 2.24) is 9.80 Å². The summed E-state index contributed by atoms with van der Waals surface area (Å²) in [7, 11) is 0. The predicted octanol–water partition coefficient (Wildman–Crippen LogP) is 4.15. The highest BCUT2D eigenvalue weighted by Crippen LogP contribution is 2.46. The number of hydrogen-bond acceptors (Lipinski definition) is 2. The number of fused-ring (bicyclic) bond motifs is 2. The Morgan fingerprint density at radius 2 is 1.39 bits per heavy atom. The molecule has 2 aliphatic carbocycles. The van der Waals surface area contributed by atoms with Gasteiger partial charge in [0.15, 0.2) is 0 Å². The maximum absolute atomic E-state index is 13.6. The molecule has 0 unspecified atom stereocenters. The van der Waals surface area contributed by atoms with Crippen LogP contribution in [0.25, 0.3) is 0 Å². The van der Waals surface area contributed by atoms with Crippen LogP contribution in [0.3, 0.4) is 0 Å². The van der Waals surface area contributed by atoms with Crippen LogP contribution in [0.5, 0.6) is 0 Å². The average Bonchev–Trinajstić information content (AvgIpc) is 3.39. The van der Waals surface area contributed by atoms with Crippen molar-refractivity contribution in [3.8, 4) is 0 Å². The van der Waals surface area contributed by atoms with Gasteiger partial charge in [-0.2, -0.15) is 0 Å². The lowest BCUT2D eigenvalue weighted by Gasteiger charge is -2.41. The standard InChI is InChI=1S/C25H30N2O/c28-25(24(20-7-3-1-4-8-20)21-9-5-2-6-10-21)27-15-13-26(14-16-27)23-18-19-11-12-22(23)17-19/h1-10,19,22-24H,11-18H2/t19-,22-,23-/m0/s1. The normalized spacial score (nSPS) is 27.5. The third-order valence-corrected chi connectivity index (χ3v) is 7.31. The second-order valence-corrected chi connectivity index (χ2v) is 8.86. The number of nitrogens with zero attached hydrogens (tertiary/aromatic N) is 2. The molecule has 5 rings (SSSR count). The van der Waals surface area contributed by atoms with E-state index in [4.69, 9.17) is 0 Å². The monoisotopic (exact) mass is 374 g/mol. The SMILES string of the molecule is O=C(C(c1ccccc1)c1ccccc1)N1CCN([C@H]2C[C@H]3CC[C@H]2C3)CC1. The molecule has 3 heteroatoms. The second-order valence-electron chi connectivity index (χ2n) is 8.86. The van der Waals surface area contributed by atoms with E-state index < -0.39 is 0 Å². The van der Waals surface area contributed by atoms with E-state index in [9.17, 15) is 4.79 Å². The molecule has 0 spiro atoms. The van der Waals surface area contributed by atoms with Gasteiger partial charge < -0.3 is 4.90 Å². The minimum atomic E-state index is -0.198. The second kappa shape index (κ2) is 7.71. The predicted molar refractivity (Wildman–Crippen MR) is 112 cm³/mol. The number of benzene rings is 2. The van der Waals surface area contributed by atoms with Crippen LogP contribution in [-0.4, -0.2) is 47.9 Å². The van der Waals surface area contributed by atoms with Gasteiger partial charge in [0.05, 0.1) is 5.92 Å². The molecule has 146 valence electrons. The zero-order valence-corrected chi connectivity index (χ0v) is 16.5. The van der Waals surface area contributed by atoms with Crippen LogP contribution in [-0.2, 0) is 4.79 Å². The van der Waals surface area contributed by atoms with Gasteiger partial charge in [0.1, 0.15) is 0 Å². The van der Waals surface area contributed by atoms with Gasteiger partial charge in [0, 0.05) is 32.2 Å². The quantitative estimate of drug-likeness (QED) is 0.803. The molecule has 0 aromatic heterocycles. The van der Waals surface area contributed by atoms with Crippen LogP contribution in [0.1, 0.15) is 42.7 Å². The molecule has 3 nitrogen and oxygen atoms in total. The summed E-state index contributed by atoms with van der Waals surface area (Å²) in [5, 5.41) is 0. The summed E-state index contributed by atoms with van der Waals surface area (Å²) >= 11 is 0. The summed E-state index contributed by atoms with van der Waals surface area (Å²) in [5.74, 6) is 1.96. The Morgan fingerprint density at radius 3 is 1.89 bits per heavy atom. The minimum Gasteiger partial charge on any atom is -0.339 e. The summed E-state index contributed by atoms with van der Waals surface area (Å²) in [6.07, 6.45) is 5.73. The molecule has 1 saturated heterocycles. The van der Waals surface area contributed by atoms with Crippen LogP contribution in [0, 0.1) is 11.8 Å². The van der Waals surface area contributed by atoms with Crippen molar-refractivity contribution in [3.05, 3.63) is 71.8 Å². The van der Waals surface area contributed by atoms with Crippen molar-refractivity contribution in [2.45, 2.75) is 37.6 Å². The van der Waals surface area contributed by atoms with Crippen LogP contribution >= 0.6 is 0 Å². The number of carbonyl (C=O) groups excluding carboxylic acids is 1. The molecule has 2 aromatic rings. The van der Waals surface area contributed by atoms with Gasteiger partial charge in [-0.3, -0.25) is 9.69 Å². The molecule has 1 aliphatic heterocycles. The summed E-state index contributed by atoms with van der Waals surface area (Å²) in [5.41, 5.74) is 2.18. The van der Waals surface area contributed by atoms with Crippen molar-refractivity contribution in [1.29, 1.82) is 0 Å². The van der Waals surface area contributed by atoms with Crippen molar-refractivity contribution in [3.63, 3.8) is 0 Å². The molecule has 3 aliphatic rings. The number of piperazine rings is 1. The molecule has 2 aromatic carbocycles. The molecule has 2 saturated carbocycles. The van der Waals surface area contributed by atoms with Crippen LogP contribution in [0.2, 0.25) is 0 Å². The lowest BCUT2D eigenvalue weighted by molar-refractivity contribution is -0.134. The van der Waals surface area contributed by atoms with Gasteiger partial charge in [0.2, 0.25) is 5.91 Å².